The molecule has 0 fully saturated rings. The molecule has 0 saturated carbocycles. The second kappa shape index (κ2) is 9.09. The van der Waals surface area contributed by atoms with Crippen molar-refractivity contribution in [1.29, 1.82) is 0 Å². The van der Waals surface area contributed by atoms with Crippen LogP contribution in [0.25, 0.3) is 5.70 Å². The van der Waals surface area contributed by atoms with Gasteiger partial charge in [0.2, 0.25) is 0 Å². The number of amides is 1. The number of nitrogens with zero attached hydrogens (tertiary/aromatic N) is 1. The predicted octanol–water partition coefficient (Wildman–Crippen LogP) is 5.37. The van der Waals surface area contributed by atoms with Crippen LogP contribution in [-0.2, 0) is 16.1 Å². The zero-order chi connectivity index (χ0) is 21.8. The molecule has 2 aromatic carbocycles. The molecule has 158 valence electrons. The van der Waals surface area contributed by atoms with Crippen molar-refractivity contribution in [3.8, 4) is 0 Å². The zero-order valence-corrected chi connectivity index (χ0v) is 18.3. The van der Waals surface area contributed by atoms with E-state index in [1.165, 1.54) is 11.1 Å². The van der Waals surface area contributed by atoms with Gasteiger partial charge < -0.3 is 15.0 Å². The third kappa shape index (κ3) is 4.64. The van der Waals surface area contributed by atoms with Crippen LogP contribution in [0.15, 0.2) is 90.0 Å². The molecule has 1 N–H and O–H groups in total. The molecule has 2 aliphatic rings. The molecule has 0 spiro atoms. The van der Waals surface area contributed by atoms with E-state index in [-0.39, 0.29) is 5.91 Å². The molecule has 0 aliphatic carbocycles. The lowest BCUT2D eigenvalue weighted by atomic mass is 9.94. The lowest BCUT2D eigenvalue weighted by molar-refractivity contribution is -0.116. The fraction of sp³-hybridized carbons (Fsp3) is 0.222. The standard InChI is InChI=1S/C27H28N2O2/c1-19-8-11-22(12-9-19)18-29-21(3)10-13-25(26(29)24-7-5-4-6-20(24)2)27(30)28-23-14-16-31-17-15-23/h4-12,14-16H,13,17-18H2,1-3H3,(H,28,30). The Kier molecular flexibility index (Phi) is 6.08. The predicted molar refractivity (Wildman–Crippen MR) is 125 cm³/mol. The number of carbonyl (C=O) groups is 1. The first kappa shape index (κ1) is 20.7. The van der Waals surface area contributed by atoms with Crippen molar-refractivity contribution in [1.82, 2.24) is 10.2 Å². The molecule has 1 amide bonds. The normalized spacial score (nSPS) is 15.9. The first-order valence-corrected chi connectivity index (χ1v) is 10.6. The van der Waals surface area contributed by atoms with Crippen molar-refractivity contribution in [2.24, 2.45) is 0 Å². The van der Waals surface area contributed by atoms with Gasteiger partial charge in [-0.25, -0.2) is 0 Å². The van der Waals surface area contributed by atoms with Gasteiger partial charge in [-0.05, 0) is 50.5 Å². The number of benzene rings is 2. The summed E-state index contributed by atoms with van der Waals surface area (Å²) in [4.78, 5) is 15.6. The summed E-state index contributed by atoms with van der Waals surface area (Å²) in [7, 11) is 0. The summed E-state index contributed by atoms with van der Waals surface area (Å²) >= 11 is 0. The summed E-state index contributed by atoms with van der Waals surface area (Å²) in [6.07, 6.45) is 8.00. The average Bonchev–Trinajstić information content (AvgIpc) is 2.77. The third-order valence-electron chi connectivity index (χ3n) is 5.72. The molecule has 4 rings (SSSR count). The minimum absolute atomic E-state index is 0.0753. The lowest BCUT2D eigenvalue weighted by Crippen LogP contribution is -2.31. The molecule has 4 heteroatoms. The number of nitrogens with one attached hydrogen (secondary N) is 1. The highest BCUT2D eigenvalue weighted by Crippen LogP contribution is 2.36. The SMILES string of the molecule is CC1=CCC(C(=O)NC2=CCOC=C2)=C(c2ccccc2C)N1Cc1ccc(C)cc1. The first-order valence-electron chi connectivity index (χ1n) is 10.6. The van der Waals surface area contributed by atoms with Crippen LogP contribution < -0.4 is 5.32 Å². The first-order chi connectivity index (χ1) is 15.0. The Bertz CT molecular complexity index is 1100. The number of hydrogen-bond donors (Lipinski definition) is 1. The Balaban J connectivity index is 1.76. The van der Waals surface area contributed by atoms with Gasteiger partial charge in [-0.15, -0.1) is 0 Å². The Morgan fingerprint density at radius 2 is 1.81 bits per heavy atom. The molecule has 2 aromatic rings. The Hall–Kier alpha value is -3.53. The maximum Gasteiger partial charge on any atom is 0.254 e. The van der Waals surface area contributed by atoms with Gasteiger partial charge in [0.25, 0.3) is 5.91 Å². The third-order valence-corrected chi connectivity index (χ3v) is 5.72. The van der Waals surface area contributed by atoms with Crippen LogP contribution in [0.5, 0.6) is 0 Å². The summed E-state index contributed by atoms with van der Waals surface area (Å²) in [5.41, 5.74) is 8.36. The van der Waals surface area contributed by atoms with Crippen molar-refractivity contribution in [3.63, 3.8) is 0 Å². The molecule has 0 saturated heterocycles. The molecule has 0 radical (unpaired) electrons. The van der Waals surface area contributed by atoms with E-state index in [2.05, 4.69) is 73.5 Å². The highest BCUT2D eigenvalue weighted by Gasteiger charge is 2.27. The molecule has 31 heavy (non-hydrogen) atoms. The van der Waals surface area contributed by atoms with Crippen molar-refractivity contribution >= 4 is 11.6 Å². The molecular weight excluding hydrogens is 384 g/mol. The molecule has 0 unspecified atom stereocenters. The molecular formula is C27H28N2O2. The van der Waals surface area contributed by atoms with Gasteiger partial charge in [-0.3, -0.25) is 4.79 Å². The Labute approximate surface area is 184 Å². The number of hydrogen-bond acceptors (Lipinski definition) is 3. The minimum Gasteiger partial charge on any atom is -0.497 e. The van der Waals surface area contributed by atoms with Crippen LogP contribution in [0.4, 0.5) is 0 Å². The van der Waals surface area contributed by atoms with Gasteiger partial charge in [-0.1, -0.05) is 60.2 Å². The Morgan fingerprint density at radius 3 is 2.52 bits per heavy atom. The van der Waals surface area contributed by atoms with Gasteiger partial charge >= 0.3 is 0 Å². The van der Waals surface area contributed by atoms with E-state index in [1.807, 2.05) is 18.2 Å². The summed E-state index contributed by atoms with van der Waals surface area (Å²) < 4.78 is 5.20. The molecule has 4 nitrogen and oxygen atoms in total. The lowest BCUT2D eigenvalue weighted by Gasteiger charge is -2.34. The summed E-state index contributed by atoms with van der Waals surface area (Å²) in [6.45, 7) is 7.48. The fourth-order valence-electron chi connectivity index (χ4n) is 3.90. The number of aryl methyl sites for hydroxylation is 2. The molecule has 0 bridgehead atoms. The van der Waals surface area contributed by atoms with Crippen molar-refractivity contribution in [2.75, 3.05) is 6.61 Å². The van der Waals surface area contributed by atoms with Gasteiger partial charge in [0, 0.05) is 29.1 Å². The molecule has 0 aromatic heterocycles. The van der Waals surface area contributed by atoms with Gasteiger partial charge in [0.05, 0.1) is 12.0 Å². The number of rotatable bonds is 5. The van der Waals surface area contributed by atoms with Gasteiger partial charge in [0.1, 0.15) is 6.61 Å². The van der Waals surface area contributed by atoms with Gasteiger partial charge in [0.15, 0.2) is 0 Å². The van der Waals surface area contributed by atoms with E-state index in [1.54, 1.807) is 12.3 Å². The van der Waals surface area contributed by atoms with E-state index in [9.17, 15) is 4.79 Å². The topological polar surface area (TPSA) is 41.6 Å². The van der Waals surface area contributed by atoms with E-state index < -0.39 is 0 Å². The monoisotopic (exact) mass is 412 g/mol. The van der Waals surface area contributed by atoms with Crippen LogP contribution in [0, 0.1) is 13.8 Å². The quantitative estimate of drug-likeness (QED) is 0.718. The number of ether oxygens (including phenoxy) is 1. The average molecular weight is 413 g/mol. The van der Waals surface area contributed by atoms with Crippen LogP contribution >= 0.6 is 0 Å². The minimum atomic E-state index is -0.0753. The Morgan fingerprint density at radius 1 is 1.03 bits per heavy atom. The second-order valence-corrected chi connectivity index (χ2v) is 8.01. The number of carbonyl (C=O) groups excluding carboxylic acids is 1. The number of allylic oxidation sites excluding steroid dienone is 3. The van der Waals surface area contributed by atoms with E-state index in [4.69, 9.17) is 4.74 Å². The van der Waals surface area contributed by atoms with E-state index >= 15 is 0 Å². The fourth-order valence-corrected chi connectivity index (χ4v) is 3.90. The van der Waals surface area contributed by atoms with Gasteiger partial charge in [-0.2, -0.15) is 0 Å². The van der Waals surface area contributed by atoms with Crippen LogP contribution in [-0.4, -0.2) is 17.4 Å². The summed E-state index contributed by atoms with van der Waals surface area (Å²) in [5.74, 6) is -0.0753. The molecule has 0 atom stereocenters. The molecule has 2 heterocycles. The maximum absolute atomic E-state index is 13.4. The maximum atomic E-state index is 13.4. The van der Waals surface area contributed by atoms with E-state index in [0.29, 0.717) is 19.6 Å². The highest BCUT2D eigenvalue weighted by molar-refractivity contribution is 6.03. The summed E-state index contributed by atoms with van der Waals surface area (Å²) in [6, 6.07) is 16.8. The second-order valence-electron chi connectivity index (χ2n) is 8.01. The highest BCUT2D eigenvalue weighted by atomic mass is 16.5. The zero-order valence-electron chi connectivity index (χ0n) is 18.3. The van der Waals surface area contributed by atoms with Crippen LogP contribution in [0.3, 0.4) is 0 Å². The van der Waals surface area contributed by atoms with Crippen molar-refractivity contribution in [3.05, 3.63) is 112 Å². The molecule has 2 aliphatic heterocycles. The smallest absolute Gasteiger partial charge is 0.254 e. The van der Waals surface area contributed by atoms with Crippen molar-refractivity contribution < 1.29 is 9.53 Å². The van der Waals surface area contributed by atoms with E-state index in [0.717, 1.165) is 33.8 Å². The summed E-state index contributed by atoms with van der Waals surface area (Å²) in [5, 5.41) is 3.06. The van der Waals surface area contributed by atoms with Crippen molar-refractivity contribution in [2.45, 2.75) is 33.7 Å². The van der Waals surface area contributed by atoms with Crippen LogP contribution in [0.2, 0.25) is 0 Å². The largest absolute Gasteiger partial charge is 0.497 e. The van der Waals surface area contributed by atoms with Crippen LogP contribution in [0.1, 0.15) is 35.6 Å².